The van der Waals surface area contributed by atoms with E-state index in [9.17, 15) is 5.11 Å². The molecule has 0 aliphatic carbocycles. The molecule has 0 amide bonds. The van der Waals surface area contributed by atoms with E-state index >= 15 is 0 Å². The molecule has 0 aromatic heterocycles. The molecule has 0 saturated heterocycles. The molecule has 1 aliphatic heterocycles. The lowest BCUT2D eigenvalue weighted by Gasteiger charge is -2.36. The highest BCUT2D eigenvalue weighted by atomic mass is 79.9. The Bertz CT molecular complexity index is 438. The van der Waals surface area contributed by atoms with Gasteiger partial charge in [0.05, 0.1) is 6.10 Å². The maximum absolute atomic E-state index is 10.2. The fraction of sp³-hybridized carbons (Fsp3) is 0.538. The van der Waals surface area contributed by atoms with Gasteiger partial charge in [-0.2, -0.15) is 0 Å². The van der Waals surface area contributed by atoms with Crippen LogP contribution < -0.4 is 4.74 Å². The summed E-state index contributed by atoms with van der Waals surface area (Å²) in [6.07, 6.45) is 0.201. The zero-order valence-corrected chi connectivity index (χ0v) is 11.7. The number of aliphatic hydroxyl groups is 1. The van der Waals surface area contributed by atoms with E-state index in [0.29, 0.717) is 6.42 Å². The van der Waals surface area contributed by atoms with Gasteiger partial charge in [-0.1, -0.05) is 15.9 Å². The van der Waals surface area contributed by atoms with Crippen LogP contribution in [0.3, 0.4) is 0 Å². The van der Waals surface area contributed by atoms with Crippen molar-refractivity contribution >= 4 is 15.9 Å². The fourth-order valence-corrected chi connectivity index (χ4v) is 2.67. The van der Waals surface area contributed by atoms with Crippen molar-refractivity contribution < 1.29 is 9.84 Å². The van der Waals surface area contributed by atoms with Crippen LogP contribution >= 0.6 is 15.9 Å². The smallest absolute Gasteiger partial charge is 0.126 e. The van der Waals surface area contributed by atoms with E-state index in [-0.39, 0.29) is 5.60 Å². The van der Waals surface area contributed by atoms with Gasteiger partial charge in [0.2, 0.25) is 0 Å². The Morgan fingerprint density at radius 1 is 1.44 bits per heavy atom. The minimum atomic E-state index is -0.435. The highest BCUT2D eigenvalue weighted by Crippen LogP contribution is 2.44. The van der Waals surface area contributed by atoms with Crippen LogP contribution in [-0.4, -0.2) is 10.7 Å². The maximum atomic E-state index is 10.2. The maximum Gasteiger partial charge on any atom is 0.126 e. The monoisotopic (exact) mass is 284 g/mol. The summed E-state index contributed by atoms with van der Waals surface area (Å²) >= 11 is 3.55. The molecule has 0 bridgehead atoms. The third-order valence-corrected chi connectivity index (χ3v) is 4.32. The Hall–Kier alpha value is -0.540. The lowest BCUT2D eigenvalue weighted by atomic mass is 9.88. The first-order valence-electron chi connectivity index (χ1n) is 5.48. The Morgan fingerprint density at radius 3 is 2.69 bits per heavy atom. The second kappa shape index (κ2) is 3.74. The molecule has 88 valence electrons. The number of ether oxygens (including phenoxy) is 1. The summed E-state index contributed by atoms with van der Waals surface area (Å²) in [4.78, 5) is 0. The van der Waals surface area contributed by atoms with Crippen molar-refractivity contribution in [3.63, 3.8) is 0 Å². The minimum absolute atomic E-state index is 0.293. The van der Waals surface area contributed by atoms with Gasteiger partial charge in [-0.05, 0) is 44.9 Å². The van der Waals surface area contributed by atoms with E-state index < -0.39 is 6.10 Å². The first-order chi connectivity index (χ1) is 7.32. The number of aliphatic hydroxyl groups excluding tert-OH is 1. The number of halogens is 1. The average molecular weight is 285 g/mol. The van der Waals surface area contributed by atoms with Gasteiger partial charge in [-0.3, -0.25) is 0 Å². The third kappa shape index (κ3) is 1.87. The van der Waals surface area contributed by atoms with Crippen LogP contribution in [0.5, 0.6) is 5.75 Å². The van der Waals surface area contributed by atoms with Gasteiger partial charge in [-0.25, -0.2) is 0 Å². The molecule has 1 N–H and O–H groups in total. The number of hydrogen-bond donors (Lipinski definition) is 1. The van der Waals surface area contributed by atoms with Crippen LogP contribution in [-0.2, 0) is 0 Å². The molecular formula is C13H17BrO2. The van der Waals surface area contributed by atoms with Crippen molar-refractivity contribution in [2.24, 2.45) is 0 Å². The highest BCUT2D eigenvalue weighted by molar-refractivity contribution is 9.10. The molecule has 0 saturated carbocycles. The van der Waals surface area contributed by atoms with Crippen molar-refractivity contribution in [3.8, 4) is 5.75 Å². The van der Waals surface area contributed by atoms with Crippen LogP contribution in [0.2, 0.25) is 0 Å². The SMILES string of the molecule is Cc1cc2c(c(C)c1Br)C(O)CC(C)(C)O2. The predicted octanol–water partition coefficient (Wildman–Crippen LogP) is 3.66. The van der Waals surface area contributed by atoms with E-state index in [4.69, 9.17) is 4.74 Å². The van der Waals surface area contributed by atoms with Crippen LogP contribution in [0.15, 0.2) is 10.5 Å². The van der Waals surface area contributed by atoms with Gasteiger partial charge in [0, 0.05) is 16.5 Å². The molecule has 1 heterocycles. The summed E-state index contributed by atoms with van der Waals surface area (Å²) in [7, 11) is 0. The summed E-state index contributed by atoms with van der Waals surface area (Å²) in [6, 6.07) is 2.00. The van der Waals surface area contributed by atoms with Crippen LogP contribution in [0.4, 0.5) is 0 Å². The quantitative estimate of drug-likeness (QED) is 0.788. The zero-order chi connectivity index (χ0) is 12.1. The van der Waals surface area contributed by atoms with E-state index in [2.05, 4.69) is 15.9 Å². The van der Waals surface area contributed by atoms with Gasteiger partial charge < -0.3 is 9.84 Å². The summed E-state index contributed by atoms with van der Waals surface area (Å²) in [5.74, 6) is 0.821. The lowest BCUT2D eigenvalue weighted by Crippen LogP contribution is -2.35. The van der Waals surface area contributed by atoms with Crippen molar-refractivity contribution in [1.29, 1.82) is 0 Å². The number of benzene rings is 1. The van der Waals surface area contributed by atoms with Crippen molar-refractivity contribution in [2.45, 2.75) is 45.8 Å². The molecule has 0 fully saturated rings. The van der Waals surface area contributed by atoms with Crippen molar-refractivity contribution in [2.75, 3.05) is 0 Å². The molecule has 3 heteroatoms. The number of rotatable bonds is 0. The summed E-state index contributed by atoms with van der Waals surface area (Å²) in [5.41, 5.74) is 2.86. The molecule has 0 radical (unpaired) electrons. The molecule has 1 atom stereocenters. The standard InChI is InChI=1S/C13H17BrO2/c1-7-5-10-11(8(2)12(7)14)9(15)6-13(3,4)16-10/h5,9,15H,6H2,1-4H3. The summed E-state index contributed by atoms with van der Waals surface area (Å²) < 4.78 is 6.99. The zero-order valence-electron chi connectivity index (χ0n) is 10.1. The Kier molecular flexibility index (Phi) is 2.79. The molecule has 1 aliphatic rings. The predicted molar refractivity (Wildman–Crippen MR) is 67.9 cm³/mol. The molecule has 0 spiro atoms. The van der Waals surface area contributed by atoms with Gasteiger partial charge in [0.25, 0.3) is 0 Å². The molecule has 1 unspecified atom stereocenters. The molecule has 2 rings (SSSR count). The third-order valence-electron chi connectivity index (χ3n) is 3.10. The Morgan fingerprint density at radius 2 is 2.06 bits per heavy atom. The second-order valence-electron chi connectivity index (χ2n) is 5.13. The van der Waals surface area contributed by atoms with Crippen LogP contribution in [0.25, 0.3) is 0 Å². The number of fused-ring (bicyclic) bond motifs is 1. The lowest BCUT2D eigenvalue weighted by molar-refractivity contribution is 0.0110. The number of hydrogen-bond acceptors (Lipinski definition) is 2. The molecule has 2 nitrogen and oxygen atoms in total. The van der Waals surface area contributed by atoms with E-state index in [0.717, 1.165) is 26.9 Å². The Labute approximate surface area is 105 Å². The van der Waals surface area contributed by atoms with Gasteiger partial charge in [0.1, 0.15) is 11.4 Å². The van der Waals surface area contributed by atoms with Crippen LogP contribution in [0, 0.1) is 13.8 Å². The van der Waals surface area contributed by atoms with E-state index in [1.54, 1.807) is 0 Å². The van der Waals surface area contributed by atoms with Gasteiger partial charge in [-0.15, -0.1) is 0 Å². The molecule has 16 heavy (non-hydrogen) atoms. The highest BCUT2D eigenvalue weighted by Gasteiger charge is 2.34. The summed E-state index contributed by atoms with van der Waals surface area (Å²) in [6.45, 7) is 8.06. The van der Waals surface area contributed by atoms with Crippen LogP contribution in [0.1, 0.15) is 43.1 Å². The minimum Gasteiger partial charge on any atom is -0.487 e. The largest absolute Gasteiger partial charge is 0.487 e. The normalized spacial score (nSPS) is 22.5. The van der Waals surface area contributed by atoms with Gasteiger partial charge in [0.15, 0.2) is 0 Å². The topological polar surface area (TPSA) is 29.5 Å². The summed E-state index contributed by atoms with van der Waals surface area (Å²) in [5, 5.41) is 10.2. The average Bonchev–Trinajstić information content (AvgIpc) is 2.11. The molecular weight excluding hydrogens is 268 g/mol. The first kappa shape index (κ1) is 11.9. The first-order valence-corrected chi connectivity index (χ1v) is 6.28. The van der Waals surface area contributed by atoms with Crippen molar-refractivity contribution in [1.82, 2.24) is 0 Å². The Balaban J connectivity index is 2.61. The second-order valence-corrected chi connectivity index (χ2v) is 5.92. The number of aryl methyl sites for hydroxylation is 1. The van der Waals surface area contributed by atoms with E-state index in [1.807, 2.05) is 33.8 Å². The van der Waals surface area contributed by atoms with Gasteiger partial charge >= 0.3 is 0 Å². The van der Waals surface area contributed by atoms with Crippen molar-refractivity contribution in [3.05, 3.63) is 27.2 Å². The van der Waals surface area contributed by atoms with E-state index in [1.165, 1.54) is 0 Å². The molecule has 1 aromatic carbocycles. The molecule has 1 aromatic rings. The fourth-order valence-electron chi connectivity index (χ4n) is 2.34.